The van der Waals surface area contributed by atoms with Gasteiger partial charge in [-0.05, 0) is 43.3 Å². The highest BCUT2D eigenvalue weighted by Crippen LogP contribution is 2.33. The van der Waals surface area contributed by atoms with Gasteiger partial charge in [0.15, 0.2) is 6.10 Å². The Balaban J connectivity index is 1.54. The summed E-state index contributed by atoms with van der Waals surface area (Å²) in [5, 5.41) is 16.6. The number of rotatable bonds is 6. The fourth-order valence-corrected chi connectivity index (χ4v) is 3.93. The van der Waals surface area contributed by atoms with Gasteiger partial charge >= 0.3 is 0 Å². The van der Waals surface area contributed by atoms with E-state index < -0.39 is 6.10 Å². The summed E-state index contributed by atoms with van der Waals surface area (Å²) in [6.45, 7) is 1.62. The topological polar surface area (TPSA) is 90.6 Å². The van der Waals surface area contributed by atoms with Crippen LogP contribution in [0.15, 0.2) is 42.7 Å². The van der Waals surface area contributed by atoms with Gasteiger partial charge in [0, 0.05) is 10.6 Å². The average molecular weight is 464 g/mol. The van der Waals surface area contributed by atoms with E-state index in [9.17, 15) is 4.79 Å². The van der Waals surface area contributed by atoms with Gasteiger partial charge in [-0.25, -0.2) is 0 Å². The molecular weight excluding hydrogens is 449 g/mol. The Labute approximate surface area is 185 Å². The zero-order valence-electron chi connectivity index (χ0n) is 15.8. The number of hydrogen-bond acceptors (Lipinski definition) is 7. The number of amides is 1. The Bertz CT molecular complexity index is 1200. The lowest BCUT2D eigenvalue weighted by molar-refractivity contribution is -0.122. The molecule has 0 unspecified atom stereocenters. The lowest BCUT2D eigenvalue weighted by atomic mass is 10.2. The second-order valence-electron chi connectivity index (χ2n) is 6.20. The minimum atomic E-state index is -0.814. The first-order valence-corrected chi connectivity index (χ1v) is 10.3. The smallest absolute Gasteiger partial charge is 0.265 e. The molecule has 154 valence electrons. The van der Waals surface area contributed by atoms with E-state index in [0.29, 0.717) is 32.2 Å². The highest BCUT2D eigenvalue weighted by atomic mass is 35.5. The van der Waals surface area contributed by atoms with Crippen LogP contribution in [0.5, 0.6) is 11.5 Å². The Hall–Kier alpha value is -2.88. The van der Waals surface area contributed by atoms with Crippen molar-refractivity contribution in [2.24, 2.45) is 0 Å². The summed E-state index contributed by atoms with van der Waals surface area (Å²) in [7, 11) is 1.53. The fourth-order valence-electron chi connectivity index (χ4n) is 2.66. The second kappa shape index (κ2) is 8.47. The van der Waals surface area contributed by atoms with Crippen LogP contribution in [-0.4, -0.2) is 38.9 Å². The van der Waals surface area contributed by atoms with Gasteiger partial charge in [-0.15, -0.1) is 10.2 Å². The minimum Gasteiger partial charge on any atom is -0.495 e. The van der Waals surface area contributed by atoms with E-state index in [-0.39, 0.29) is 5.91 Å². The van der Waals surface area contributed by atoms with Crippen molar-refractivity contribution in [1.29, 1.82) is 0 Å². The number of benzene rings is 2. The molecule has 8 nitrogen and oxygen atoms in total. The van der Waals surface area contributed by atoms with Crippen LogP contribution in [0.3, 0.4) is 0 Å². The van der Waals surface area contributed by atoms with Crippen LogP contribution in [0, 0.1) is 0 Å². The number of fused-ring (bicyclic) bond motifs is 1. The zero-order chi connectivity index (χ0) is 21.3. The molecule has 4 rings (SSSR count). The number of halogens is 2. The predicted molar refractivity (Wildman–Crippen MR) is 116 cm³/mol. The lowest BCUT2D eigenvalue weighted by Crippen LogP contribution is -2.30. The van der Waals surface area contributed by atoms with Gasteiger partial charge in [-0.2, -0.15) is 9.61 Å². The number of methoxy groups -OCH3 is 1. The van der Waals surface area contributed by atoms with Crippen LogP contribution in [0.25, 0.3) is 15.5 Å². The van der Waals surface area contributed by atoms with Gasteiger partial charge in [0.1, 0.15) is 22.8 Å². The third kappa shape index (κ3) is 4.18. The summed E-state index contributed by atoms with van der Waals surface area (Å²) in [5.74, 6) is 0.505. The number of nitrogens with zero attached hydrogens (tertiary/aromatic N) is 4. The quantitative estimate of drug-likeness (QED) is 0.450. The Kier molecular flexibility index (Phi) is 5.76. The van der Waals surface area contributed by atoms with Gasteiger partial charge in [-0.1, -0.05) is 34.5 Å². The molecule has 0 spiro atoms. The van der Waals surface area contributed by atoms with Crippen LogP contribution in [0.2, 0.25) is 10.0 Å². The molecule has 1 N–H and O–H groups in total. The van der Waals surface area contributed by atoms with Crippen molar-refractivity contribution in [1.82, 2.24) is 19.8 Å². The average Bonchev–Trinajstić information content (AvgIpc) is 3.32. The van der Waals surface area contributed by atoms with Gasteiger partial charge in [0.2, 0.25) is 4.96 Å². The lowest BCUT2D eigenvalue weighted by Gasteiger charge is -2.17. The molecule has 0 aliphatic carbocycles. The molecule has 1 atom stereocenters. The minimum absolute atomic E-state index is 0.324. The van der Waals surface area contributed by atoms with Crippen LogP contribution < -0.4 is 14.8 Å². The predicted octanol–water partition coefficient (Wildman–Crippen LogP) is 4.57. The molecule has 0 aliphatic heterocycles. The van der Waals surface area contributed by atoms with E-state index in [0.717, 1.165) is 10.6 Å². The molecule has 0 saturated carbocycles. The van der Waals surface area contributed by atoms with E-state index in [1.54, 1.807) is 41.8 Å². The van der Waals surface area contributed by atoms with Crippen molar-refractivity contribution in [3.8, 4) is 22.1 Å². The molecule has 30 heavy (non-hydrogen) atoms. The number of carbonyl (C=O) groups is 1. The van der Waals surface area contributed by atoms with E-state index in [1.165, 1.54) is 24.8 Å². The maximum Gasteiger partial charge on any atom is 0.265 e. The molecular formula is C19H15Cl2N5O3S. The fraction of sp³-hybridized carbons (Fsp3) is 0.158. The van der Waals surface area contributed by atoms with Crippen LogP contribution in [0.4, 0.5) is 5.69 Å². The normalized spacial score (nSPS) is 12.0. The molecule has 0 saturated heterocycles. The standard InChI is InChI=1S/C19H15Cl2N5O3S/c1-10(29-15-6-4-12(20)8-13(15)21)17(27)23-14-7-11(3-5-16(14)28-2)18-25-26-9-22-24-19(26)30-18/h3-10H,1-2H3,(H,23,27)/t10-/m1/s1. The maximum absolute atomic E-state index is 12.7. The molecule has 0 aliphatic rings. The summed E-state index contributed by atoms with van der Waals surface area (Å²) in [4.78, 5) is 13.4. The van der Waals surface area contributed by atoms with Crippen LogP contribution in [0.1, 0.15) is 6.92 Å². The molecule has 2 heterocycles. The summed E-state index contributed by atoms with van der Waals surface area (Å²) < 4.78 is 12.6. The molecule has 2 aromatic carbocycles. The summed E-state index contributed by atoms with van der Waals surface area (Å²) >= 11 is 13.4. The van der Waals surface area contributed by atoms with Crippen molar-refractivity contribution in [2.75, 3.05) is 12.4 Å². The summed E-state index contributed by atoms with van der Waals surface area (Å²) in [6, 6.07) is 10.2. The first-order valence-electron chi connectivity index (χ1n) is 8.72. The molecule has 11 heteroatoms. The zero-order valence-corrected chi connectivity index (χ0v) is 18.1. The molecule has 2 aromatic heterocycles. The number of anilines is 1. The Morgan fingerprint density at radius 2 is 2.00 bits per heavy atom. The number of ether oxygens (including phenoxy) is 2. The number of aromatic nitrogens is 4. The van der Waals surface area contributed by atoms with E-state index in [4.69, 9.17) is 32.7 Å². The summed E-state index contributed by atoms with van der Waals surface area (Å²) in [6.07, 6.45) is 0.717. The number of hydrogen-bond donors (Lipinski definition) is 1. The van der Waals surface area contributed by atoms with Crippen LogP contribution in [-0.2, 0) is 4.79 Å². The molecule has 0 fully saturated rings. The van der Waals surface area contributed by atoms with Gasteiger partial charge in [-0.3, -0.25) is 4.79 Å². The number of carbonyl (C=O) groups excluding carboxylic acids is 1. The monoisotopic (exact) mass is 463 g/mol. The highest BCUT2D eigenvalue weighted by Gasteiger charge is 2.19. The third-order valence-electron chi connectivity index (χ3n) is 4.16. The highest BCUT2D eigenvalue weighted by molar-refractivity contribution is 7.19. The molecule has 1 amide bonds. The Morgan fingerprint density at radius 3 is 2.73 bits per heavy atom. The SMILES string of the molecule is COc1ccc(-c2nn3cnnc3s2)cc1NC(=O)[C@@H](C)Oc1ccc(Cl)cc1Cl. The van der Waals surface area contributed by atoms with E-state index >= 15 is 0 Å². The molecule has 0 bridgehead atoms. The van der Waals surface area contributed by atoms with Gasteiger partial charge in [0.05, 0.1) is 17.8 Å². The van der Waals surface area contributed by atoms with Crippen molar-refractivity contribution in [3.63, 3.8) is 0 Å². The first kappa shape index (κ1) is 20.4. The van der Waals surface area contributed by atoms with Gasteiger partial charge in [0.25, 0.3) is 5.91 Å². The first-order chi connectivity index (χ1) is 14.4. The van der Waals surface area contributed by atoms with Crippen molar-refractivity contribution >= 4 is 51.1 Å². The van der Waals surface area contributed by atoms with Crippen molar-refractivity contribution in [2.45, 2.75) is 13.0 Å². The van der Waals surface area contributed by atoms with E-state index in [1.807, 2.05) is 6.07 Å². The largest absolute Gasteiger partial charge is 0.495 e. The molecule has 0 radical (unpaired) electrons. The van der Waals surface area contributed by atoms with Crippen molar-refractivity contribution in [3.05, 3.63) is 52.8 Å². The number of nitrogens with one attached hydrogen (secondary N) is 1. The maximum atomic E-state index is 12.7. The van der Waals surface area contributed by atoms with Crippen LogP contribution >= 0.6 is 34.5 Å². The van der Waals surface area contributed by atoms with Gasteiger partial charge < -0.3 is 14.8 Å². The van der Waals surface area contributed by atoms with Crippen molar-refractivity contribution < 1.29 is 14.3 Å². The second-order valence-corrected chi connectivity index (χ2v) is 8.00. The molecule has 4 aromatic rings. The Morgan fingerprint density at radius 1 is 1.20 bits per heavy atom. The summed E-state index contributed by atoms with van der Waals surface area (Å²) in [5.41, 5.74) is 1.29. The van der Waals surface area contributed by atoms with E-state index in [2.05, 4.69) is 20.6 Å². The third-order valence-corrected chi connectivity index (χ3v) is 5.65.